The fourth-order valence-electron chi connectivity index (χ4n) is 1.76. The Morgan fingerprint density at radius 2 is 2.18 bits per heavy atom. The maximum Gasteiger partial charge on any atom is 0.148 e. The number of nitrogens with zero attached hydrogens (tertiary/aromatic N) is 2. The molecule has 4 N–H and O–H groups in total. The highest BCUT2D eigenvalue weighted by Gasteiger charge is 2.23. The topological polar surface area (TPSA) is 76.1 Å². The minimum Gasteiger partial charge on any atom is -0.508 e. The molecule has 3 rings (SSSR count). The van der Waals surface area contributed by atoms with Crippen molar-refractivity contribution in [1.82, 2.24) is 9.78 Å². The predicted octanol–water partition coefficient (Wildman–Crippen LogP) is 1.73. The Morgan fingerprint density at radius 3 is 2.88 bits per heavy atom. The van der Waals surface area contributed by atoms with Crippen molar-refractivity contribution in [2.75, 3.05) is 11.1 Å². The summed E-state index contributed by atoms with van der Waals surface area (Å²) in [5.74, 6) is 1.56. The summed E-state index contributed by atoms with van der Waals surface area (Å²) < 4.78 is 1.72. The van der Waals surface area contributed by atoms with Gasteiger partial charge in [-0.05, 0) is 25.0 Å². The van der Waals surface area contributed by atoms with Gasteiger partial charge in [-0.15, -0.1) is 5.10 Å². The average Bonchev–Trinajstić information content (AvgIpc) is 3.01. The molecule has 0 radical (unpaired) electrons. The second-order valence-corrected chi connectivity index (χ2v) is 4.30. The van der Waals surface area contributed by atoms with Crippen molar-refractivity contribution in [2.45, 2.75) is 18.9 Å². The summed E-state index contributed by atoms with van der Waals surface area (Å²) in [6, 6.07) is 9.28. The Bertz CT molecular complexity index is 545. The summed E-state index contributed by atoms with van der Waals surface area (Å²) in [5, 5.41) is 17.1. The van der Waals surface area contributed by atoms with Gasteiger partial charge >= 0.3 is 0 Å². The van der Waals surface area contributed by atoms with E-state index in [-0.39, 0.29) is 5.75 Å². The first-order chi connectivity index (χ1) is 8.22. The molecule has 1 aromatic carbocycles. The number of hydrogen-bond acceptors (Lipinski definition) is 4. The lowest BCUT2D eigenvalue weighted by atomic mass is 10.3. The van der Waals surface area contributed by atoms with Crippen LogP contribution in [0.25, 0.3) is 5.69 Å². The Morgan fingerprint density at radius 1 is 1.35 bits per heavy atom. The van der Waals surface area contributed by atoms with E-state index in [0.717, 1.165) is 11.5 Å². The van der Waals surface area contributed by atoms with Gasteiger partial charge in [-0.2, -0.15) is 0 Å². The van der Waals surface area contributed by atoms with E-state index in [0.29, 0.717) is 11.9 Å². The van der Waals surface area contributed by atoms with Crippen LogP contribution in [0.4, 0.5) is 11.6 Å². The van der Waals surface area contributed by atoms with Gasteiger partial charge in [-0.25, -0.2) is 4.68 Å². The van der Waals surface area contributed by atoms with Crippen LogP contribution in [0, 0.1) is 0 Å². The van der Waals surface area contributed by atoms with Gasteiger partial charge in [0.1, 0.15) is 17.4 Å². The number of nitrogen functional groups attached to an aromatic ring is 1. The predicted molar refractivity (Wildman–Crippen MR) is 66.3 cm³/mol. The Hall–Kier alpha value is -2.17. The molecule has 2 aromatic rings. The number of aromatic nitrogens is 2. The van der Waals surface area contributed by atoms with Crippen LogP contribution in [0.1, 0.15) is 12.8 Å². The van der Waals surface area contributed by atoms with Gasteiger partial charge in [0.2, 0.25) is 0 Å². The first kappa shape index (κ1) is 10.0. The zero-order valence-corrected chi connectivity index (χ0v) is 9.30. The second kappa shape index (κ2) is 3.69. The molecule has 0 aliphatic heterocycles. The molecule has 1 aliphatic carbocycles. The average molecular weight is 230 g/mol. The molecule has 1 saturated carbocycles. The number of anilines is 2. The van der Waals surface area contributed by atoms with E-state index in [1.165, 1.54) is 12.8 Å². The molecule has 1 fully saturated rings. The number of nitrogens with two attached hydrogens (primary N) is 1. The van der Waals surface area contributed by atoms with Crippen LogP contribution in [0.5, 0.6) is 5.75 Å². The molecule has 0 spiro atoms. The summed E-state index contributed by atoms with van der Waals surface area (Å²) in [6.07, 6.45) is 2.37. The molecule has 5 nitrogen and oxygen atoms in total. The molecule has 0 amide bonds. The van der Waals surface area contributed by atoms with E-state index in [9.17, 15) is 5.11 Å². The molecule has 17 heavy (non-hydrogen) atoms. The van der Waals surface area contributed by atoms with Crippen LogP contribution < -0.4 is 11.1 Å². The number of aromatic hydroxyl groups is 1. The molecular formula is C12H14N4O. The van der Waals surface area contributed by atoms with E-state index in [2.05, 4.69) is 10.4 Å². The van der Waals surface area contributed by atoms with Crippen molar-refractivity contribution in [2.24, 2.45) is 0 Å². The van der Waals surface area contributed by atoms with E-state index < -0.39 is 0 Å². The van der Waals surface area contributed by atoms with Crippen molar-refractivity contribution in [1.29, 1.82) is 0 Å². The molecule has 0 saturated heterocycles. The fraction of sp³-hybridized carbons (Fsp3) is 0.250. The lowest BCUT2D eigenvalue weighted by Crippen LogP contribution is -2.07. The van der Waals surface area contributed by atoms with Gasteiger partial charge in [0, 0.05) is 18.2 Å². The molecule has 5 heteroatoms. The minimum absolute atomic E-state index is 0.217. The van der Waals surface area contributed by atoms with Gasteiger partial charge in [0.05, 0.1) is 5.69 Å². The first-order valence-corrected chi connectivity index (χ1v) is 5.64. The molecule has 0 bridgehead atoms. The number of nitrogens with one attached hydrogen (secondary N) is 1. The van der Waals surface area contributed by atoms with E-state index in [1.54, 1.807) is 22.9 Å². The lowest BCUT2D eigenvalue weighted by Gasteiger charge is -2.08. The van der Waals surface area contributed by atoms with E-state index in [1.807, 2.05) is 12.1 Å². The maximum absolute atomic E-state index is 9.47. The third-order valence-corrected chi connectivity index (χ3v) is 2.73. The van der Waals surface area contributed by atoms with Crippen LogP contribution in [0.3, 0.4) is 0 Å². The zero-order valence-electron chi connectivity index (χ0n) is 9.30. The molecule has 1 aliphatic rings. The number of benzene rings is 1. The Labute approximate surface area is 98.9 Å². The third-order valence-electron chi connectivity index (χ3n) is 2.73. The number of hydrogen-bond donors (Lipinski definition) is 3. The SMILES string of the molecule is Nc1cc(NC2CC2)n(-c2cccc(O)c2)n1. The summed E-state index contributed by atoms with van der Waals surface area (Å²) in [5.41, 5.74) is 6.51. The molecular weight excluding hydrogens is 216 g/mol. The van der Waals surface area contributed by atoms with Crippen molar-refractivity contribution in [3.63, 3.8) is 0 Å². The van der Waals surface area contributed by atoms with Gasteiger partial charge in [-0.1, -0.05) is 6.07 Å². The summed E-state index contributed by atoms with van der Waals surface area (Å²) in [7, 11) is 0. The lowest BCUT2D eigenvalue weighted by molar-refractivity contribution is 0.475. The number of phenols is 1. The van der Waals surface area contributed by atoms with Gasteiger partial charge in [0.15, 0.2) is 0 Å². The Kier molecular flexibility index (Phi) is 2.18. The van der Waals surface area contributed by atoms with Gasteiger partial charge in [0.25, 0.3) is 0 Å². The summed E-state index contributed by atoms with van der Waals surface area (Å²) in [4.78, 5) is 0. The normalized spacial score (nSPS) is 14.8. The highest BCUT2D eigenvalue weighted by Crippen LogP contribution is 2.27. The quantitative estimate of drug-likeness (QED) is 0.750. The second-order valence-electron chi connectivity index (χ2n) is 4.30. The van der Waals surface area contributed by atoms with Crippen LogP contribution in [-0.2, 0) is 0 Å². The van der Waals surface area contributed by atoms with Crippen LogP contribution in [-0.4, -0.2) is 20.9 Å². The van der Waals surface area contributed by atoms with Crippen LogP contribution in [0.2, 0.25) is 0 Å². The smallest absolute Gasteiger partial charge is 0.148 e. The highest BCUT2D eigenvalue weighted by atomic mass is 16.3. The molecule has 0 atom stereocenters. The molecule has 0 unspecified atom stereocenters. The molecule has 1 aromatic heterocycles. The monoisotopic (exact) mass is 230 g/mol. The minimum atomic E-state index is 0.217. The van der Waals surface area contributed by atoms with Gasteiger partial charge < -0.3 is 16.2 Å². The Balaban J connectivity index is 2.00. The number of phenolic OH excluding ortho intramolecular Hbond substituents is 1. The van der Waals surface area contributed by atoms with Crippen molar-refractivity contribution >= 4 is 11.6 Å². The van der Waals surface area contributed by atoms with Gasteiger partial charge in [-0.3, -0.25) is 0 Å². The molecule has 88 valence electrons. The summed E-state index contributed by atoms with van der Waals surface area (Å²) in [6.45, 7) is 0. The van der Waals surface area contributed by atoms with Crippen LogP contribution in [0.15, 0.2) is 30.3 Å². The highest BCUT2D eigenvalue weighted by molar-refractivity contribution is 5.53. The fourth-order valence-corrected chi connectivity index (χ4v) is 1.76. The maximum atomic E-state index is 9.47. The van der Waals surface area contributed by atoms with E-state index >= 15 is 0 Å². The van der Waals surface area contributed by atoms with Crippen molar-refractivity contribution < 1.29 is 5.11 Å². The zero-order chi connectivity index (χ0) is 11.8. The standard InChI is InChI=1S/C12H14N4O/c13-11-7-12(14-8-4-5-8)16(15-11)9-2-1-3-10(17)6-9/h1-3,6-8,14,17H,4-5H2,(H2,13,15). The van der Waals surface area contributed by atoms with E-state index in [4.69, 9.17) is 5.73 Å². The summed E-state index contributed by atoms with van der Waals surface area (Å²) >= 11 is 0. The molecule has 1 heterocycles. The number of rotatable bonds is 3. The van der Waals surface area contributed by atoms with Crippen molar-refractivity contribution in [3.8, 4) is 11.4 Å². The van der Waals surface area contributed by atoms with Crippen LogP contribution >= 0.6 is 0 Å². The van der Waals surface area contributed by atoms with Crippen molar-refractivity contribution in [3.05, 3.63) is 30.3 Å². The first-order valence-electron chi connectivity index (χ1n) is 5.64. The largest absolute Gasteiger partial charge is 0.508 e. The third kappa shape index (κ3) is 2.04.